The molecular weight excluding hydrogens is 537 g/mol. The van der Waals surface area contributed by atoms with Gasteiger partial charge in [0.15, 0.2) is 5.76 Å². The number of methoxy groups -OCH3 is 1. The molecule has 1 aliphatic rings. The Morgan fingerprint density at radius 2 is 1.45 bits per heavy atom. The summed E-state index contributed by atoms with van der Waals surface area (Å²) < 4.78 is 24.3. The molecule has 0 atom stereocenters. The molecule has 0 fully saturated rings. The van der Waals surface area contributed by atoms with Crippen LogP contribution in [0, 0.1) is 6.92 Å². The summed E-state index contributed by atoms with van der Waals surface area (Å²) in [6, 6.07) is 26.6. The third-order valence-electron chi connectivity index (χ3n) is 5.67. The van der Waals surface area contributed by atoms with Crippen molar-refractivity contribution in [2.75, 3.05) is 25.5 Å². The van der Waals surface area contributed by atoms with Crippen LogP contribution in [0.25, 0.3) is 22.5 Å². The number of cyclic esters (lactones) is 1. The summed E-state index contributed by atoms with van der Waals surface area (Å²) in [6.07, 6.45) is 1.39. The van der Waals surface area contributed by atoms with E-state index in [4.69, 9.17) is 4.74 Å². The molecule has 1 aliphatic heterocycles. The van der Waals surface area contributed by atoms with Gasteiger partial charge < -0.3 is 19.2 Å². The Morgan fingerprint density at radius 1 is 0.881 bits per heavy atom. The summed E-state index contributed by atoms with van der Waals surface area (Å²) in [5.41, 5.74) is 4.49. The summed E-state index contributed by atoms with van der Waals surface area (Å²) in [5.74, 6) is 0.167. The second kappa shape index (κ2) is 16.0. The number of aromatic amines is 2. The van der Waals surface area contributed by atoms with Crippen LogP contribution in [0.5, 0.6) is 0 Å². The van der Waals surface area contributed by atoms with Gasteiger partial charge in [-0.2, -0.15) is 0 Å². The number of rotatable bonds is 8. The molecule has 4 aromatic rings. The number of anilines is 1. The van der Waals surface area contributed by atoms with Crippen LogP contribution in [0.2, 0.25) is 0 Å². The number of pyridine rings is 2. The van der Waals surface area contributed by atoms with Gasteiger partial charge in [-0.25, -0.2) is 4.79 Å². The summed E-state index contributed by atoms with van der Waals surface area (Å²) in [4.78, 5) is 39.1. The van der Waals surface area contributed by atoms with Gasteiger partial charge in [-0.3, -0.25) is 4.79 Å². The van der Waals surface area contributed by atoms with Crippen LogP contribution in [-0.2, 0) is 23.7 Å². The van der Waals surface area contributed by atoms with E-state index in [1.54, 1.807) is 13.0 Å². The third-order valence-corrected chi connectivity index (χ3v) is 5.67. The number of benzene rings is 2. The Morgan fingerprint density at radius 3 is 1.93 bits per heavy atom. The van der Waals surface area contributed by atoms with Gasteiger partial charge in [-0.1, -0.05) is 36.4 Å². The van der Waals surface area contributed by atoms with Crippen molar-refractivity contribution in [2.45, 2.75) is 6.92 Å². The third kappa shape index (κ3) is 9.63. The Hall–Kier alpha value is -5.45. The number of carbonyl (C=O) groups excluding carboxylic acids is 1. The molecule has 3 heterocycles. The topological polar surface area (TPSA) is 140 Å². The van der Waals surface area contributed by atoms with E-state index in [1.165, 1.54) is 13.2 Å². The molecule has 2 aromatic carbocycles. The second-order valence-corrected chi connectivity index (χ2v) is 8.68. The van der Waals surface area contributed by atoms with E-state index in [0.29, 0.717) is 18.6 Å². The van der Waals surface area contributed by atoms with Crippen molar-refractivity contribution in [1.82, 2.24) is 9.97 Å². The number of aryl methyl sites for hydroxylation is 1. The van der Waals surface area contributed by atoms with Crippen LogP contribution in [0.15, 0.2) is 119 Å². The van der Waals surface area contributed by atoms with Gasteiger partial charge in [0.05, 0.1) is 13.2 Å². The van der Waals surface area contributed by atoms with Crippen LogP contribution >= 0.6 is 0 Å². The van der Waals surface area contributed by atoms with Crippen molar-refractivity contribution in [1.29, 1.82) is 0 Å². The van der Waals surface area contributed by atoms with Crippen molar-refractivity contribution in [3.8, 4) is 22.5 Å². The molecule has 5 rings (SSSR count). The first-order chi connectivity index (χ1) is 20.3. The Labute approximate surface area is 242 Å². The number of ether oxygens (including phenoxy) is 3. The number of nitrogens with one attached hydrogen (secondary N) is 3. The molecule has 214 valence electrons. The quantitative estimate of drug-likeness (QED) is 0.162. The first-order valence-corrected chi connectivity index (χ1v) is 12.8. The van der Waals surface area contributed by atoms with Gasteiger partial charge >= 0.3 is 104 Å². The van der Waals surface area contributed by atoms with Crippen LogP contribution in [0.1, 0.15) is 5.56 Å². The monoisotopic (exact) mass is 567 g/mol. The number of hydrogen-bond acceptors (Lipinski definition) is 8. The molecule has 0 unspecified atom stereocenters. The standard InChI is InChI=1S/C12H11BN2O2.C12H11NO.C7H8O4/c16-12-11(14-8-13-17)7-6-10(15-12)9-4-2-1-3-5-9;1-9-7-8-11(13-12(9)14)10-5-3-2-4-6-10;1-5(9-2)11-6-3-7(8)10-4-6/h1-7,14H,8H2,(H,15,16);2-8H,1H3,(H,13,14);3H,1,4H2,2H3. The summed E-state index contributed by atoms with van der Waals surface area (Å²) in [6.45, 7) is 5.36. The minimum atomic E-state index is -0.399. The van der Waals surface area contributed by atoms with Crippen molar-refractivity contribution in [2.24, 2.45) is 0 Å². The molecular formula is C31H30BN3O7. The van der Waals surface area contributed by atoms with Crippen molar-refractivity contribution >= 4 is 18.8 Å². The predicted octanol–water partition coefficient (Wildman–Crippen LogP) is 4.37. The summed E-state index contributed by atoms with van der Waals surface area (Å²) in [5, 5.41) is 2.73. The first-order valence-electron chi connectivity index (χ1n) is 12.8. The van der Waals surface area contributed by atoms with E-state index in [9.17, 15) is 19.1 Å². The Bertz CT molecular complexity index is 1650. The van der Waals surface area contributed by atoms with E-state index in [1.807, 2.05) is 78.9 Å². The average Bonchev–Trinajstić information content (AvgIpc) is 3.43. The van der Waals surface area contributed by atoms with Crippen LogP contribution < -0.4 is 16.4 Å². The van der Waals surface area contributed by atoms with Gasteiger partial charge in [0.2, 0.25) is 0 Å². The summed E-state index contributed by atoms with van der Waals surface area (Å²) in [7, 11) is 2.14. The SMILES string of the molecule is C=C(OC)OC1=CC(=O)OC1.Cc1ccc(-c2ccccc2)[nH]c1=O.O=BCNc1ccc(-c2ccccc2)[nH]c1=O. The number of esters is 1. The molecule has 0 amide bonds. The molecule has 2 aromatic heterocycles. The predicted molar refractivity (Wildman–Crippen MR) is 161 cm³/mol. The van der Waals surface area contributed by atoms with E-state index >= 15 is 0 Å². The normalized spacial score (nSPS) is 11.3. The molecule has 0 radical (unpaired) electrons. The molecule has 42 heavy (non-hydrogen) atoms. The van der Waals surface area contributed by atoms with Gasteiger partial charge in [0, 0.05) is 11.3 Å². The molecule has 0 saturated heterocycles. The average molecular weight is 567 g/mol. The zero-order valence-electron chi connectivity index (χ0n) is 23.2. The summed E-state index contributed by atoms with van der Waals surface area (Å²) >= 11 is 0. The van der Waals surface area contributed by atoms with Gasteiger partial charge in [0.25, 0.3) is 11.5 Å². The van der Waals surface area contributed by atoms with Gasteiger partial charge in [0.1, 0.15) is 6.61 Å². The zero-order valence-corrected chi connectivity index (χ0v) is 23.2. The molecule has 0 saturated carbocycles. The Balaban J connectivity index is 0.000000177. The molecule has 0 spiro atoms. The minimum absolute atomic E-state index is 0.0219. The van der Waals surface area contributed by atoms with Crippen molar-refractivity contribution < 1.29 is 23.7 Å². The van der Waals surface area contributed by atoms with Crippen molar-refractivity contribution in [3.63, 3.8) is 0 Å². The maximum absolute atomic E-state index is 11.7. The van der Waals surface area contributed by atoms with Gasteiger partial charge in [-0.15, -0.1) is 0 Å². The van der Waals surface area contributed by atoms with Gasteiger partial charge in [-0.05, 0) is 25.1 Å². The first kappa shape index (κ1) is 31.1. The molecule has 0 bridgehead atoms. The second-order valence-electron chi connectivity index (χ2n) is 8.68. The van der Waals surface area contributed by atoms with E-state index in [-0.39, 0.29) is 30.1 Å². The van der Waals surface area contributed by atoms with E-state index < -0.39 is 5.97 Å². The molecule has 11 heteroatoms. The number of carbonyl (C=O) groups is 1. The van der Waals surface area contributed by atoms with Crippen molar-refractivity contribution in [3.05, 3.63) is 136 Å². The van der Waals surface area contributed by atoms with E-state index in [0.717, 1.165) is 28.1 Å². The van der Waals surface area contributed by atoms with Crippen LogP contribution in [0.3, 0.4) is 0 Å². The zero-order chi connectivity index (χ0) is 30.3. The fraction of sp³-hybridized carbons (Fsp3) is 0.129. The molecule has 3 N–H and O–H groups in total. The Kier molecular flexibility index (Phi) is 11.8. The fourth-order valence-corrected chi connectivity index (χ4v) is 3.49. The van der Waals surface area contributed by atoms with Crippen LogP contribution in [-0.4, -0.2) is 43.2 Å². The number of hydrogen-bond donors (Lipinski definition) is 3. The van der Waals surface area contributed by atoms with Crippen LogP contribution in [0.4, 0.5) is 5.69 Å². The molecule has 10 nitrogen and oxygen atoms in total. The van der Waals surface area contributed by atoms with E-state index in [2.05, 4.69) is 31.3 Å². The fourth-order valence-electron chi connectivity index (χ4n) is 3.49. The maximum atomic E-state index is 11.7. The molecule has 0 aliphatic carbocycles. The number of H-pyrrole nitrogens is 2. The number of aromatic nitrogens is 2.